The molecule has 92 heavy (non-hydrogen) atoms. The fourth-order valence-electron chi connectivity index (χ4n) is 10.9. The molecule has 5 unspecified atom stereocenters. The molecule has 0 aliphatic heterocycles. The van der Waals surface area contributed by atoms with Gasteiger partial charge in [-0.25, -0.2) is 9.13 Å². The summed E-state index contributed by atoms with van der Waals surface area (Å²) in [5, 5.41) is 10.6. The lowest BCUT2D eigenvalue weighted by atomic mass is 9.99. The summed E-state index contributed by atoms with van der Waals surface area (Å²) in [6.07, 6.45) is 46.1. The Hall–Kier alpha value is -1.94. The van der Waals surface area contributed by atoms with Crippen LogP contribution < -0.4 is 0 Å². The van der Waals surface area contributed by atoms with Crippen molar-refractivity contribution in [3.8, 4) is 0 Å². The summed E-state index contributed by atoms with van der Waals surface area (Å²) in [6, 6.07) is 0. The van der Waals surface area contributed by atoms with E-state index in [0.29, 0.717) is 31.6 Å². The first-order valence-electron chi connectivity index (χ1n) is 37.8. The highest BCUT2D eigenvalue weighted by Crippen LogP contribution is 2.45. The number of aliphatic hydroxyl groups is 1. The van der Waals surface area contributed by atoms with Gasteiger partial charge in [-0.05, 0) is 49.4 Å². The Bertz CT molecular complexity index is 1820. The van der Waals surface area contributed by atoms with Crippen LogP contribution in [0.5, 0.6) is 0 Å². The average Bonchev–Trinajstić information content (AvgIpc) is 2.42. The lowest BCUT2D eigenvalue weighted by Gasteiger charge is -2.21. The van der Waals surface area contributed by atoms with Crippen molar-refractivity contribution in [3.05, 3.63) is 0 Å². The Labute approximate surface area is 562 Å². The van der Waals surface area contributed by atoms with Crippen molar-refractivity contribution in [1.82, 2.24) is 0 Å². The van der Waals surface area contributed by atoms with E-state index in [2.05, 4.69) is 55.4 Å². The molecule has 0 bridgehead atoms. The van der Waals surface area contributed by atoms with Crippen molar-refractivity contribution in [2.45, 2.75) is 382 Å². The van der Waals surface area contributed by atoms with Crippen LogP contribution in [0.15, 0.2) is 0 Å². The first-order chi connectivity index (χ1) is 44.2. The van der Waals surface area contributed by atoms with Crippen LogP contribution in [-0.2, 0) is 65.4 Å². The maximum atomic E-state index is 13.0. The average molecular weight is 1350 g/mol. The van der Waals surface area contributed by atoms with Crippen molar-refractivity contribution in [1.29, 1.82) is 0 Å². The molecule has 8 atom stereocenters. The molecule has 17 nitrogen and oxygen atoms in total. The maximum Gasteiger partial charge on any atom is 0.472 e. The summed E-state index contributed by atoms with van der Waals surface area (Å²) in [5.74, 6) is 0.895. The summed E-state index contributed by atoms with van der Waals surface area (Å²) < 4.78 is 68.3. The second-order valence-electron chi connectivity index (χ2n) is 27.5. The summed E-state index contributed by atoms with van der Waals surface area (Å²) in [4.78, 5) is 72.5. The lowest BCUT2D eigenvalue weighted by molar-refractivity contribution is -0.161. The zero-order valence-corrected chi connectivity index (χ0v) is 62.0. The molecule has 19 heteroatoms. The van der Waals surface area contributed by atoms with Gasteiger partial charge in [0.05, 0.1) is 26.4 Å². The van der Waals surface area contributed by atoms with Crippen molar-refractivity contribution < 1.29 is 80.2 Å². The van der Waals surface area contributed by atoms with Crippen molar-refractivity contribution in [3.63, 3.8) is 0 Å². The first kappa shape index (κ1) is 90.1. The van der Waals surface area contributed by atoms with Gasteiger partial charge in [0, 0.05) is 25.7 Å². The van der Waals surface area contributed by atoms with E-state index >= 15 is 0 Å². The highest BCUT2D eigenvalue weighted by Gasteiger charge is 2.30. The molecule has 0 aliphatic rings. The zero-order chi connectivity index (χ0) is 68.2. The summed E-state index contributed by atoms with van der Waals surface area (Å²) in [5.41, 5.74) is 0. The number of ether oxygens (including phenoxy) is 4. The zero-order valence-electron chi connectivity index (χ0n) is 60.2. The van der Waals surface area contributed by atoms with Gasteiger partial charge in [-0.2, -0.15) is 0 Å². The third kappa shape index (κ3) is 62.8. The second kappa shape index (κ2) is 62.6. The number of hydrogen-bond donors (Lipinski definition) is 3. The Morgan fingerprint density at radius 1 is 0.304 bits per heavy atom. The number of aliphatic hydroxyl groups excluding tert-OH is 1. The van der Waals surface area contributed by atoms with Gasteiger partial charge in [0.2, 0.25) is 0 Å². The van der Waals surface area contributed by atoms with E-state index < -0.39 is 97.5 Å². The van der Waals surface area contributed by atoms with Crippen molar-refractivity contribution >= 4 is 39.5 Å². The quantitative estimate of drug-likeness (QED) is 0.0222. The molecule has 0 saturated heterocycles. The Morgan fingerprint density at radius 3 is 0.772 bits per heavy atom. The number of hydrogen-bond acceptors (Lipinski definition) is 15. The number of carbonyl (C=O) groups excluding carboxylic acids is 4. The van der Waals surface area contributed by atoms with E-state index in [1.54, 1.807) is 0 Å². The molecule has 0 aliphatic carbocycles. The van der Waals surface area contributed by atoms with Crippen LogP contribution in [0.3, 0.4) is 0 Å². The number of rotatable bonds is 70. The topological polar surface area (TPSA) is 237 Å². The smallest absolute Gasteiger partial charge is 0.462 e. The largest absolute Gasteiger partial charge is 0.472 e. The van der Waals surface area contributed by atoms with Crippen LogP contribution in [0.4, 0.5) is 0 Å². The molecule has 0 aromatic carbocycles. The second-order valence-corrected chi connectivity index (χ2v) is 30.4. The molecule has 3 N–H and O–H groups in total. The van der Waals surface area contributed by atoms with Gasteiger partial charge >= 0.3 is 39.5 Å². The van der Waals surface area contributed by atoms with E-state index in [0.717, 1.165) is 120 Å². The monoisotopic (exact) mass is 1350 g/mol. The normalized spacial score (nSPS) is 15.1. The third-order valence-corrected chi connectivity index (χ3v) is 19.8. The summed E-state index contributed by atoms with van der Waals surface area (Å²) >= 11 is 0. The molecule has 0 rings (SSSR count). The number of unbranched alkanes of at least 4 members (excludes halogenated alkanes) is 33. The van der Waals surface area contributed by atoms with E-state index in [-0.39, 0.29) is 25.7 Å². The Morgan fingerprint density at radius 2 is 0.522 bits per heavy atom. The molecule has 0 aromatic heterocycles. The van der Waals surface area contributed by atoms with Gasteiger partial charge < -0.3 is 33.8 Å². The molecule has 0 spiro atoms. The van der Waals surface area contributed by atoms with Gasteiger partial charge in [-0.3, -0.25) is 37.3 Å². The molecule has 0 radical (unpaired) electrons. The number of esters is 4. The molecule has 0 amide bonds. The molecule has 0 fully saturated rings. The van der Waals surface area contributed by atoms with Crippen LogP contribution >= 0.6 is 15.6 Å². The van der Waals surface area contributed by atoms with Crippen LogP contribution in [0.2, 0.25) is 0 Å². The fourth-order valence-corrected chi connectivity index (χ4v) is 12.5. The SMILES string of the molecule is CCC(C)CCCCCCCCCCCCCCCCCCCCC(=O)O[C@H](COC(=O)CCCCCCCCCC(C)C)COP(=O)(O)OC[C@@H](O)COP(=O)(O)OC[C@@H](COC(=O)CCCCCCCCC(C)CC)OC(=O)CCCCCCCCC(C)CC. The van der Waals surface area contributed by atoms with E-state index in [4.69, 9.17) is 37.0 Å². The van der Waals surface area contributed by atoms with Gasteiger partial charge in [0.25, 0.3) is 0 Å². The van der Waals surface area contributed by atoms with Gasteiger partial charge in [0.1, 0.15) is 19.3 Å². The highest BCUT2D eigenvalue weighted by molar-refractivity contribution is 7.47. The highest BCUT2D eigenvalue weighted by atomic mass is 31.2. The minimum absolute atomic E-state index is 0.102. The summed E-state index contributed by atoms with van der Waals surface area (Å²) in [7, 11) is -9.90. The van der Waals surface area contributed by atoms with Gasteiger partial charge in [-0.15, -0.1) is 0 Å². The molecular formula is C73H142O17P2. The Kier molecular flexibility index (Phi) is 61.3. The van der Waals surface area contributed by atoms with E-state index in [1.807, 2.05) is 0 Å². The molecular weight excluding hydrogens is 1210 g/mol. The molecule has 0 aromatic rings. The number of phosphoric ester groups is 2. The predicted octanol–water partition coefficient (Wildman–Crippen LogP) is 20.9. The van der Waals surface area contributed by atoms with Crippen LogP contribution in [0.1, 0.15) is 364 Å². The van der Waals surface area contributed by atoms with Crippen LogP contribution in [0, 0.1) is 23.7 Å². The van der Waals surface area contributed by atoms with Crippen molar-refractivity contribution in [2.24, 2.45) is 23.7 Å². The predicted molar refractivity (Wildman–Crippen MR) is 372 cm³/mol. The van der Waals surface area contributed by atoms with Crippen LogP contribution in [-0.4, -0.2) is 96.7 Å². The fraction of sp³-hybridized carbons (Fsp3) is 0.945. The van der Waals surface area contributed by atoms with Gasteiger partial charge in [0.15, 0.2) is 12.2 Å². The number of phosphoric acid groups is 2. The Balaban J connectivity index is 5.15. The lowest BCUT2D eigenvalue weighted by Crippen LogP contribution is -2.30. The molecule has 546 valence electrons. The van der Waals surface area contributed by atoms with E-state index in [1.165, 1.54) is 154 Å². The molecule has 0 saturated carbocycles. The maximum absolute atomic E-state index is 13.0. The molecule has 0 heterocycles. The minimum atomic E-state index is -4.95. The van der Waals surface area contributed by atoms with Gasteiger partial charge in [-0.1, -0.05) is 312 Å². The minimum Gasteiger partial charge on any atom is -0.462 e. The van der Waals surface area contributed by atoms with E-state index in [9.17, 15) is 43.2 Å². The van der Waals surface area contributed by atoms with Crippen LogP contribution in [0.25, 0.3) is 0 Å². The summed E-state index contributed by atoms with van der Waals surface area (Å²) in [6.45, 7) is 14.1. The van der Waals surface area contributed by atoms with Crippen molar-refractivity contribution in [2.75, 3.05) is 39.6 Å². The number of carbonyl (C=O) groups is 4. The standard InChI is InChI=1S/C73H142O17P2/c1-9-64(6)50-42-34-26-22-20-18-16-14-12-13-15-17-19-21-23-27-39-47-55-72(77)89-68(59-83-70(75)53-45-37-28-24-25-33-41-49-63(4)5)61-87-91(79,80)85-57-67(74)58-86-92(81,82)88-62-69(90-73(78)56-48-40-32-30-36-44-52-66(8)11-3)60-84-71(76)54-46-38-31-29-35-43-51-65(7)10-2/h63-69,74H,9-62H2,1-8H3,(H,79,80)(H,81,82)/t64?,65?,66?,67-,68-,69-/m1/s1. The first-order valence-corrected chi connectivity index (χ1v) is 40.8. The third-order valence-electron chi connectivity index (χ3n) is 17.9.